The van der Waals surface area contributed by atoms with E-state index in [-0.39, 0.29) is 35.4 Å². The summed E-state index contributed by atoms with van der Waals surface area (Å²) < 4.78 is 16.1. The Morgan fingerprint density at radius 1 is 1.19 bits per heavy atom. The van der Waals surface area contributed by atoms with E-state index in [9.17, 15) is 19.7 Å². The molecule has 3 rings (SSSR count). The Morgan fingerprint density at radius 3 is 2.66 bits per heavy atom. The zero-order valence-electron chi connectivity index (χ0n) is 17.9. The summed E-state index contributed by atoms with van der Waals surface area (Å²) in [5.74, 6) is -0.409. The van der Waals surface area contributed by atoms with Crippen LogP contribution in [0.1, 0.15) is 43.4 Å². The maximum absolute atomic E-state index is 12.3. The number of nitrogens with zero attached hydrogens (tertiary/aromatic N) is 2. The van der Waals surface area contributed by atoms with Crippen LogP contribution in [0.5, 0.6) is 11.5 Å². The van der Waals surface area contributed by atoms with Gasteiger partial charge in [0.25, 0.3) is 5.69 Å². The smallest absolute Gasteiger partial charge is 0.363 e. The molecule has 0 spiro atoms. The molecule has 1 heterocycles. The van der Waals surface area contributed by atoms with Crippen LogP contribution in [0.25, 0.3) is 6.08 Å². The Labute approximate surface area is 184 Å². The molecule has 0 aromatic heterocycles. The fourth-order valence-corrected chi connectivity index (χ4v) is 2.97. The molecule has 1 aliphatic heterocycles. The van der Waals surface area contributed by atoms with Gasteiger partial charge in [-0.15, -0.1) is 0 Å². The van der Waals surface area contributed by atoms with Crippen LogP contribution >= 0.6 is 0 Å². The van der Waals surface area contributed by atoms with Crippen molar-refractivity contribution >= 4 is 29.6 Å². The third-order valence-electron chi connectivity index (χ3n) is 4.52. The number of esters is 2. The highest BCUT2D eigenvalue weighted by Crippen LogP contribution is 2.31. The third kappa shape index (κ3) is 5.18. The highest BCUT2D eigenvalue weighted by atomic mass is 16.6. The van der Waals surface area contributed by atoms with Gasteiger partial charge in [-0.2, -0.15) is 0 Å². The molecule has 9 heteroatoms. The second kappa shape index (κ2) is 9.86. The van der Waals surface area contributed by atoms with Crippen molar-refractivity contribution < 1.29 is 28.7 Å². The topological polar surface area (TPSA) is 117 Å². The van der Waals surface area contributed by atoms with E-state index in [0.717, 1.165) is 0 Å². The Hall–Kier alpha value is -4.01. The molecule has 0 amide bonds. The van der Waals surface area contributed by atoms with Gasteiger partial charge < -0.3 is 14.2 Å². The number of benzene rings is 2. The lowest BCUT2D eigenvalue weighted by molar-refractivity contribution is -0.385. The number of carbonyl (C=O) groups is 2. The molecule has 2 aromatic rings. The summed E-state index contributed by atoms with van der Waals surface area (Å²) in [6.45, 7) is 5.66. The molecule has 0 saturated carbocycles. The van der Waals surface area contributed by atoms with Crippen LogP contribution in [0.4, 0.5) is 5.69 Å². The molecular weight excluding hydrogens is 416 g/mol. The molecular formula is C23H22N2O7. The summed E-state index contributed by atoms with van der Waals surface area (Å²) in [4.78, 5) is 39.0. The number of nitro groups is 1. The Kier molecular flexibility index (Phi) is 6.99. The van der Waals surface area contributed by atoms with Crippen LogP contribution in [-0.4, -0.2) is 29.4 Å². The van der Waals surface area contributed by atoms with E-state index in [0.29, 0.717) is 35.5 Å². The zero-order chi connectivity index (χ0) is 23.3. The van der Waals surface area contributed by atoms with E-state index in [1.807, 2.05) is 6.92 Å². The van der Waals surface area contributed by atoms with E-state index in [4.69, 9.17) is 14.2 Å². The molecule has 2 aromatic carbocycles. The highest BCUT2D eigenvalue weighted by molar-refractivity contribution is 6.13. The Bertz CT molecular complexity index is 1140. The van der Waals surface area contributed by atoms with Gasteiger partial charge in [0.05, 0.1) is 11.5 Å². The van der Waals surface area contributed by atoms with Crippen LogP contribution < -0.4 is 9.47 Å². The summed E-state index contributed by atoms with van der Waals surface area (Å²) in [5.41, 5.74) is 1.33. The van der Waals surface area contributed by atoms with Crippen molar-refractivity contribution in [2.75, 3.05) is 6.61 Å². The summed E-state index contributed by atoms with van der Waals surface area (Å²) in [6.07, 6.45) is 2.45. The number of hydrogen-bond acceptors (Lipinski definition) is 8. The summed E-state index contributed by atoms with van der Waals surface area (Å²) in [5, 5.41) is 11.2. The van der Waals surface area contributed by atoms with E-state index < -0.39 is 10.9 Å². The first-order valence-corrected chi connectivity index (χ1v) is 10.1. The first-order chi connectivity index (χ1) is 15.3. The van der Waals surface area contributed by atoms with Crippen LogP contribution in [0, 0.1) is 17.0 Å². The van der Waals surface area contributed by atoms with Crippen molar-refractivity contribution in [3.05, 3.63) is 68.9 Å². The van der Waals surface area contributed by atoms with E-state index in [1.165, 1.54) is 12.1 Å². The number of hydrogen-bond donors (Lipinski definition) is 0. The van der Waals surface area contributed by atoms with Crippen molar-refractivity contribution in [2.45, 2.75) is 33.6 Å². The quantitative estimate of drug-likeness (QED) is 0.198. The predicted octanol–water partition coefficient (Wildman–Crippen LogP) is 4.35. The minimum absolute atomic E-state index is 0.0144. The van der Waals surface area contributed by atoms with E-state index in [2.05, 4.69) is 4.99 Å². The summed E-state index contributed by atoms with van der Waals surface area (Å²) >= 11 is 0. The number of ether oxygens (including phenoxy) is 3. The molecule has 0 radical (unpaired) electrons. The van der Waals surface area contributed by atoms with Gasteiger partial charge in [0.15, 0.2) is 17.2 Å². The molecule has 0 unspecified atom stereocenters. The molecule has 1 aliphatic rings. The first-order valence-electron chi connectivity index (χ1n) is 10.1. The lowest BCUT2D eigenvalue weighted by Crippen LogP contribution is -2.08. The van der Waals surface area contributed by atoms with Gasteiger partial charge in [-0.1, -0.05) is 19.1 Å². The van der Waals surface area contributed by atoms with Gasteiger partial charge in [-0.25, -0.2) is 9.79 Å². The minimum atomic E-state index is -0.681. The van der Waals surface area contributed by atoms with Crippen molar-refractivity contribution in [1.29, 1.82) is 0 Å². The first kappa shape index (κ1) is 22.7. The molecule has 0 N–H and O–H groups in total. The lowest BCUT2D eigenvalue weighted by Gasteiger charge is -2.11. The number of aryl methyl sites for hydroxylation is 1. The molecule has 0 aliphatic carbocycles. The molecule has 0 fully saturated rings. The molecule has 166 valence electrons. The highest BCUT2D eigenvalue weighted by Gasteiger charge is 2.26. The number of carbonyl (C=O) groups excluding carboxylic acids is 2. The molecule has 32 heavy (non-hydrogen) atoms. The average molecular weight is 438 g/mol. The van der Waals surface area contributed by atoms with Gasteiger partial charge in [0, 0.05) is 23.6 Å². The van der Waals surface area contributed by atoms with Crippen molar-refractivity contribution in [1.82, 2.24) is 0 Å². The maximum Gasteiger partial charge on any atom is 0.363 e. The largest absolute Gasteiger partial charge is 0.490 e. The Balaban J connectivity index is 1.90. The normalized spacial score (nSPS) is 14.2. The van der Waals surface area contributed by atoms with E-state index >= 15 is 0 Å². The SMILES string of the molecule is CCCC(=O)Oc1ccc(/C=C2\N=C(c3ccc(C)c([N+](=O)[O-])c3)OC2=O)cc1OCC. The molecule has 9 nitrogen and oxygen atoms in total. The van der Waals surface area contributed by atoms with Crippen molar-refractivity contribution in [3.63, 3.8) is 0 Å². The maximum atomic E-state index is 12.3. The van der Waals surface area contributed by atoms with Crippen LogP contribution in [0.2, 0.25) is 0 Å². The van der Waals surface area contributed by atoms with Crippen LogP contribution in [0.15, 0.2) is 47.1 Å². The number of aliphatic imine (C=N–C) groups is 1. The summed E-state index contributed by atoms with van der Waals surface area (Å²) in [6, 6.07) is 9.35. The summed E-state index contributed by atoms with van der Waals surface area (Å²) in [7, 11) is 0. The zero-order valence-corrected chi connectivity index (χ0v) is 17.9. The fraction of sp³-hybridized carbons (Fsp3) is 0.261. The fourth-order valence-electron chi connectivity index (χ4n) is 2.97. The van der Waals surface area contributed by atoms with Gasteiger partial charge in [-0.05, 0) is 50.1 Å². The van der Waals surface area contributed by atoms with Gasteiger partial charge in [0.1, 0.15) is 0 Å². The number of cyclic esters (lactones) is 1. The lowest BCUT2D eigenvalue weighted by atomic mass is 10.1. The third-order valence-corrected chi connectivity index (χ3v) is 4.52. The number of nitro benzene ring substituents is 1. The average Bonchev–Trinajstić information content (AvgIpc) is 3.10. The Morgan fingerprint density at radius 2 is 1.97 bits per heavy atom. The second-order valence-electron chi connectivity index (χ2n) is 6.96. The number of rotatable bonds is 8. The van der Waals surface area contributed by atoms with Crippen molar-refractivity contribution in [2.24, 2.45) is 4.99 Å². The molecule has 0 atom stereocenters. The van der Waals surface area contributed by atoms with Crippen LogP contribution in [0.3, 0.4) is 0 Å². The second-order valence-corrected chi connectivity index (χ2v) is 6.96. The minimum Gasteiger partial charge on any atom is -0.490 e. The predicted molar refractivity (Wildman–Crippen MR) is 117 cm³/mol. The van der Waals surface area contributed by atoms with E-state index in [1.54, 1.807) is 44.2 Å². The van der Waals surface area contributed by atoms with Crippen molar-refractivity contribution in [3.8, 4) is 11.5 Å². The molecule has 0 saturated heterocycles. The monoisotopic (exact) mass is 438 g/mol. The molecule has 0 bridgehead atoms. The standard InChI is InChI=1S/C23H22N2O7/c1-4-6-21(26)31-19-10-8-15(12-20(19)30-5-2)11-17-23(27)32-22(24-17)16-9-7-14(3)18(13-16)25(28)29/h7-13H,4-6H2,1-3H3/b17-11-. The van der Waals surface area contributed by atoms with Crippen LogP contribution in [-0.2, 0) is 14.3 Å². The van der Waals surface area contributed by atoms with Gasteiger partial charge >= 0.3 is 11.9 Å². The van der Waals surface area contributed by atoms with Gasteiger partial charge in [-0.3, -0.25) is 14.9 Å². The van der Waals surface area contributed by atoms with Gasteiger partial charge in [0.2, 0.25) is 5.90 Å².